The Labute approximate surface area is 223 Å². The van der Waals surface area contributed by atoms with E-state index < -0.39 is 0 Å². The quantitative estimate of drug-likeness (QED) is 0.239. The van der Waals surface area contributed by atoms with Crippen molar-refractivity contribution in [3.8, 4) is 21.7 Å². The maximum absolute atomic E-state index is 6.50. The second kappa shape index (κ2) is 8.85. The standard InChI is InChI=1S/C34H33NOS/c1-20(2)16-29-21(3)24-12-9-13-26(33(24)36-29)31-19-27-30(37-31)14-15-35-32(27)23-17-22-10-7-8-11-25(22)28(18-23)34(4,5)6/h7-15,17-20H,16H2,1-6H3. The molecule has 0 atom stereocenters. The molecule has 6 rings (SSSR count). The minimum atomic E-state index is 0.0315. The fourth-order valence-electron chi connectivity index (χ4n) is 5.45. The van der Waals surface area contributed by atoms with Gasteiger partial charge in [-0.3, -0.25) is 4.98 Å². The van der Waals surface area contributed by atoms with Gasteiger partial charge in [0.05, 0.1) is 5.69 Å². The Kier molecular flexibility index (Phi) is 5.72. The van der Waals surface area contributed by atoms with Crippen LogP contribution in [-0.2, 0) is 11.8 Å². The van der Waals surface area contributed by atoms with Crippen molar-refractivity contribution in [3.05, 3.63) is 89.8 Å². The summed E-state index contributed by atoms with van der Waals surface area (Å²) >= 11 is 1.82. The number of hydrogen-bond donors (Lipinski definition) is 0. The van der Waals surface area contributed by atoms with E-state index in [4.69, 9.17) is 9.40 Å². The van der Waals surface area contributed by atoms with Crippen molar-refractivity contribution in [2.24, 2.45) is 5.92 Å². The highest BCUT2D eigenvalue weighted by molar-refractivity contribution is 7.22. The lowest BCUT2D eigenvalue weighted by Gasteiger charge is -2.22. The van der Waals surface area contributed by atoms with E-state index in [0.29, 0.717) is 5.92 Å². The number of hydrogen-bond acceptors (Lipinski definition) is 3. The number of fused-ring (bicyclic) bond motifs is 3. The highest BCUT2D eigenvalue weighted by Crippen LogP contribution is 2.43. The van der Waals surface area contributed by atoms with Gasteiger partial charge in [0, 0.05) is 44.1 Å². The normalized spacial score (nSPS) is 12.4. The summed E-state index contributed by atoms with van der Waals surface area (Å²) in [5.41, 5.74) is 7.02. The smallest absolute Gasteiger partial charge is 0.143 e. The minimum Gasteiger partial charge on any atom is -0.460 e. The summed E-state index contributed by atoms with van der Waals surface area (Å²) in [6, 6.07) is 24.3. The largest absolute Gasteiger partial charge is 0.460 e. The maximum atomic E-state index is 6.50. The number of rotatable bonds is 4. The van der Waals surface area contributed by atoms with Crippen LogP contribution < -0.4 is 0 Å². The van der Waals surface area contributed by atoms with Gasteiger partial charge in [-0.2, -0.15) is 0 Å². The number of thiophene rings is 1. The van der Waals surface area contributed by atoms with Crippen LogP contribution in [0.3, 0.4) is 0 Å². The Balaban J connectivity index is 1.54. The summed E-state index contributed by atoms with van der Waals surface area (Å²) in [7, 11) is 0. The second-order valence-corrected chi connectivity index (χ2v) is 12.7. The van der Waals surface area contributed by atoms with E-state index in [1.165, 1.54) is 47.8 Å². The van der Waals surface area contributed by atoms with Gasteiger partial charge in [0.15, 0.2) is 0 Å². The van der Waals surface area contributed by atoms with Gasteiger partial charge in [0.25, 0.3) is 0 Å². The van der Waals surface area contributed by atoms with E-state index in [1.54, 1.807) is 0 Å². The van der Waals surface area contributed by atoms with Crippen LogP contribution in [0.1, 0.15) is 51.5 Å². The summed E-state index contributed by atoms with van der Waals surface area (Å²) in [5, 5.41) is 4.98. The molecule has 0 N–H and O–H groups in total. The van der Waals surface area contributed by atoms with E-state index in [9.17, 15) is 0 Å². The Morgan fingerprint density at radius 1 is 0.892 bits per heavy atom. The highest BCUT2D eigenvalue weighted by Gasteiger charge is 2.21. The molecule has 0 aliphatic rings. The molecule has 0 saturated heterocycles. The summed E-state index contributed by atoms with van der Waals surface area (Å²) in [5.74, 6) is 1.66. The van der Waals surface area contributed by atoms with Gasteiger partial charge in [-0.05, 0) is 70.5 Å². The van der Waals surface area contributed by atoms with Gasteiger partial charge >= 0.3 is 0 Å². The number of furan rings is 1. The summed E-state index contributed by atoms with van der Waals surface area (Å²) in [6.07, 6.45) is 2.90. The first kappa shape index (κ1) is 23.9. The Morgan fingerprint density at radius 3 is 2.46 bits per heavy atom. The van der Waals surface area contributed by atoms with Crippen LogP contribution in [0, 0.1) is 12.8 Å². The molecule has 0 aliphatic heterocycles. The monoisotopic (exact) mass is 503 g/mol. The van der Waals surface area contributed by atoms with E-state index in [-0.39, 0.29) is 5.41 Å². The van der Waals surface area contributed by atoms with Crippen molar-refractivity contribution in [3.63, 3.8) is 0 Å². The molecule has 0 saturated carbocycles. The summed E-state index contributed by atoms with van der Waals surface area (Å²) in [6.45, 7) is 13.5. The summed E-state index contributed by atoms with van der Waals surface area (Å²) < 4.78 is 7.74. The molecule has 0 unspecified atom stereocenters. The Morgan fingerprint density at radius 2 is 1.68 bits per heavy atom. The van der Waals surface area contributed by atoms with Crippen molar-refractivity contribution in [2.45, 2.75) is 53.4 Å². The summed E-state index contributed by atoms with van der Waals surface area (Å²) in [4.78, 5) is 6.13. The molecule has 0 bridgehead atoms. The molecule has 0 radical (unpaired) electrons. The zero-order valence-electron chi connectivity index (χ0n) is 22.5. The number of benzene rings is 3. The molecule has 0 spiro atoms. The third-order valence-corrected chi connectivity index (χ3v) is 8.44. The molecule has 186 valence electrons. The van der Waals surface area contributed by atoms with Gasteiger partial charge in [-0.1, -0.05) is 71.0 Å². The predicted octanol–water partition coefficient (Wildman–Crippen LogP) is 10.3. The van der Waals surface area contributed by atoms with Crippen LogP contribution in [0.5, 0.6) is 0 Å². The van der Waals surface area contributed by atoms with E-state index in [2.05, 4.69) is 108 Å². The number of nitrogens with zero attached hydrogens (tertiary/aromatic N) is 1. The fraction of sp³-hybridized carbons (Fsp3) is 0.265. The first-order chi connectivity index (χ1) is 17.7. The van der Waals surface area contributed by atoms with Gasteiger partial charge in [0.2, 0.25) is 0 Å². The molecule has 3 aromatic carbocycles. The average molecular weight is 504 g/mol. The zero-order valence-corrected chi connectivity index (χ0v) is 23.3. The van der Waals surface area contributed by atoms with Crippen LogP contribution in [-0.4, -0.2) is 4.98 Å². The van der Waals surface area contributed by atoms with E-state index >= 15 is 0 Å². The average Bonchev–Trinajstić information content (AvgIpc) is 3.43. The van der Waals surface area contributed by atoms with Crippen molar-refractivity contribution < 1.29 is 4.42 Å². The van der Waals surface area contributed by atoms with Crippen LogP contribution in [0.4, 0.5) is 0 Å². The molecule has 0 aliphatic carbocycles. The number of pyridine rings is 1. The SMILES string of the molecule is Cc1c(CC(C)C)oc2c(-c3cc4c(-c5cc(C(C)(C)C)c6ccccc6c5)nccc4s3)cccc12. The lowest BCUT2D eigenvalue weighted by atomic mass is 9.82. The molecule has 2 nitrogen and oxygen atoms in total. The predicted molar refractivity (Wildman–Crippen MR) is 160 cm³/mol. The second-order valence-electron chi connectivity index (χ2n) is 11.6. The lowest BCUT2D eigenvalue weighted by Crippen LogP contribution is -2.12. The molecular formula is C34H33NOS. The Bertz CT molecular complexity index is 1780. The van der Waals surface area contributed by atoms with E-state index in [0.717, 1.165) is 29.0 Å². The molecule has 3 heteroatoms. The van der Waals surface area contributed by atoms with Gasteiger partial charge in [0.1, 0.15) is 11.3 Å². The van der Waals surface area contributed by atoms with Crippen LogP contribution >= 0.6 is 11.3 Å². The zero-order chi connectivity index (χ0) is 25.9. The molecule has 0 amide bonds. The molecule has 3 heterocycles. The third-order valence-electron chi connectivity index (χ3n) is 7.31. The first-order valence-electron chi connectivity index (χ1n) is 13.1. The van der Waals surface area contributed by atoms with Crippen molar-refractivity contribution in [1.29, 1.82) is 0 Å². The van der Waals surface area contributed by atoms with Crippen LogP contribution in [0.2, 0.25) is 0 Å². The number of aryl methyl sites for hydroxylation is 1. The molecule has 37 heavy (non-hydrogen) atoms. The number of aromatic nitrogens is 1. The Hall–Kier alpha value is -3.43. The highest BCUT2D eigenvalue weighted by atomic mass is 32.1. The molecule has 3 aromatic heterocycles. The minimum absolute atomic E-state index is 0.0315. The van der Waals surface area contributed by atoms with Gasteiger partial charge in [-0.15, -0.1) is 11.3 Å². The van der Waals surface area contributed by atoms with Crippen LogP contribution in [0.25, 0.3) is 53.5 Å². The molecule has 0 fully saturated rings. The van der Waals surface area contributed by atoms with Gasteiger partial charge in [-0.25, -0.2) is 0 Å². The van der Waals surface area contributed by atoms with E-state index in [1.807, 2.05) is 17.5 Å². The first-order valence-corrected chi connectivity index (χ1v) is 14.0. The third kappa shape index (κ3) is 4.16. The van der Waals surface area contributed by atoms with Crippen molar-refractivity contribution in [2.75, 3.05) is 0 Å². The topological polar surface area (TPSA) is 26.0 Å². The molecular weight excluding hydrogens is 470 g/mol. The fourth-order valence-corrected chi connectivity index (χ4v) is 6.52. The van der Waals surface area contributed by atoms with Crippen molar-refractivity contribution in [1.82, 2.24) is 4.98 Å². The lowest BCUT2D eigenvalue weighted by molar-refractivity contribution is 0.497. The van der Waals surface area contributed by atoms with Crippen molar-refractivity contribution >= 4 is 43.2 Å². The maximum Gasteiger partial charge on any atom is 0.143 e. The molecule has 6 aromatic rings. The van der Waals surface area contributed by atoms with Gasteiger partial charge < -0.3 is 4.42 Å². The number of para-hydroxylation sites is 1. The van der Waals surface area contributed by atoms with Crippen LogP contribution in [0.15, 0.2) is 77.3 Å².